The Hall–Kier alpha value is -1.83. The van der Waals surface area contributed by atoms with Gasteiger partial charge in [0, 0.05) is 23.0 Å². The molecule has 1 aromatic heterocycles. The Morgan fingerprint density at radius 3 is 2.64 bits per heavy atom. The molecule has 2 N–H and O–H groups in total. The molecule has 0 aliphatic carbocycles. The number of hydrogen-bond acceptors (Lipinski definition) is 5. The number of amides is 1. The fourth-order valence-electron chi connectivity index (χ4n) is 3.91. The standard InChI is InChI=1S/C18H20FN3O2S/c19-12-3-1-11(2-4-12)16-10-25-18(20-16)21-17(24)9-22-13-5-6-14(22)8-15(23)7-13/h1-4,10,13-15,23H,5-9H2,(H,20,21,24). The van der Waals surface area contributed by atoms with Crippen LogP contribution < -0.4 is 5.32 Å². The van der Waals surface area contributed by atoms with Gasteiger partial charge in [0.15, 0.2) is 5.13 Å². The highest BCUT2D eigenvalue weighted by Crippen LogP contribution is 2.35. The van der Waals surface area contributed by atoms with Crippen molar-refractivity contribution in [2.45, 2.75) is 43.9 Å². The summed E-state index contributed by atoms with van der Waals surface area (Å²) in [6.45, 7) is 0.341. The van der Waals surface area contributed by atoms with E-state index in [0.717, 1.165) is 36.9 Å². The average Bonchev–Trinajstić information content (AvgIpc) is 3.11. The molecule has 2 atom stereocenters. The lowest BCUT2D eigenvalue weighted by Gasteiger charge is -2.36. The molecule has 2 aliphatic heterocycles. The van der Waals surface area contributed by atoms with Gasteiger partial charge in [0.25, 0.3) is 0 Å². The molecule has 0 saturated carbocycles. The van der Waals surface area contributed by atoms with Crippen LogP contribution in [0.25, 0.3) is 11.3 Å². The second kappa shape index (κ2) is 6.82. The van der Waals surface area contributed by atoms with Crippen LogP contribution >= 0.6 is 11.3 Å². The number of nitrogens with one attached hydrogen (secondary N) is 1. The Morgan fingerprint density at radius 1 is 1.28 bits per heavy atom. The molecule has 2 fully saturated rings. The SMILES string of the molecule is O=C(CN1C2CCC1CC(O)C2)Nc1nc(-c2ccc(F)cc2)cs1. The van der Waals surface area contributed by atoms with Crippen LogP contribution in [-0.4, -0.2) is 45.6 Å². The lowest BCUT2D eigenvalue weighted by atomic mass is 10.00. The van der Waals surface area contributed by atoms with E-state index in [9.17, 15) is 14.3 Å². The minimum atomic E-state index is -0.284. The number of piperidine rings is 1. The summed E-state index contributed by atoms with van der Waals surface area (Å²) in [5.41, 5.74) is 1.54. The zero-order chi connectivity index (χ0) is 17.4. The summed E-state index contributed by atoms with van der Waals surface area (Å²) in [5, 5.41) is 15.1. The van der Waals surface area contributed by atoms with Gasteiger partial charge < -0.3 is 10.4 Å². The van der Waals surface area contributed by atoms with E-state index in [2.05, 4.69) is 15.2 Å². The first-order valence-corrected chi connectivity index (χ1v) is 9.41. The van der Waals surface area contributed by atoms with Crippen molar-refractivity contribution in [3.05, 3.63) is 35.5 Å². The van der Waals surface area contributed by atoms with Gasteiger partial charge in [-0.3, -0.25) is 9.69 Å². The molecule has 4 rings (SSSR count). The number of aliphatic hydroxyl groups excluding tert-OH is 1. The smallest absolute Gasteiger partial charge is 0.240 e. The van der Waals surface area contributed by atoms with Crippen LogP contribution in [-0.2, 0) is 4.79 Å². The first-order valence-electron chi connectivity index (χ1n) is 8.53. The van der Waals surface area contributed by atoms with Crippen molar-refractivity contribution >= 4 is 22.4 Å². The average molecular weight is 361 g/mol. The van der Waals surface area contributed by atoms with Crippen molar-refractivity contribution in [1.82, 2.24) is 9.88 Å². The predicted molar refractivity (Wildman–Crippen MR) is 94.9 cm³/mol. The molecule has 1 amide bonds. The largest absolute Gasteiger partial charge is 0.393 e. The number of nitrogens with zero attached hydrogens (tertiary/aromatic N) is 2. The maximum absolute atomic E-state index is 13.0. The number of aromatic nitrogens is 1. The highest BCUT2D eigenvalue weighted by molar-refractivity contribution is 7.14. The number of aliphatic hydroxyl groups is 1. The first kappa shape index (κ1) is 16.6. The highest BCUT2D eigenvalue weighted by Gasteiger charge is 2.40. The molecule has 2 aliphatic rings. The van der Waals surface area contributed by atoms with Crippen molar-refractivity contribution in [2.24, 2.45) is 0 Å². The molecule has 3 heterocycles. The van der Waals surface area contributed by atoms with E-state index in [0.29, 0.717) is 23.8 Å². The van der Waals surface area contributed by atoms with Gasteiger partial charge in [-0.2, -0.15) is 0 Å². The van der Waals surface area contributed by atoms with Gasteiger partial charge in [-0.25, -0.2) is 9.37 Å². The third kappa shape index (κ3) is 3.58. The Morgan fingerprint density at radius 2 is 1.96 bits per heavy atom. The zero-order valence-corrected chi connectivity index (χ0v) is 14.5. The van der Waals surface area contributed by atoms with Crippen molar-refractivity contribution in [1.29, 1.82) is 0 Å². The number of fused-ring (bicyclic) bond motifs is 2. The molecular formula is C18H20FN3O2S. The Kier molecular flexibility index (Phi) is 4.54. The zero-order valence-electron chi connectivity index (χ0n) is 13.7. The fourth-order valence-corrected chi connectivity index (χ4v) is 4.65. The van der Waals surface area contributed by atoms with E-state index >= 15 is 0 Å². The molecule has 7 heteroatoms. The molecule has 25 heavy (non-hydrogen) atoms. The number of rotatable bonds is 4. The lowest BCUT2D eigenvalue weighted by molar-refractivity contribution is -0.119. The van der Waals surface area contributed by atoms with E-state index in [1.165, 1.54) is 23.5 Å². The van der Waals surface area contributed by atoms with Crippen LogP contribution in [0.5, 0.6) is 0 Å². The van der Waals surface area contributed by atoms with Crippen LogP contribution in [0.15, 0.2) is 29.6 Å². The molecule has 0 radical (unpaired) electrons. The Balaban J connectivity index is 1.38. The third-order valence-electron chi connectivity index (χ3n) is 5.08. The predicted octanol–water partition coefficient (Wildman–Crippen LogP) is 2.88. The topological polar surface area (TPSA) is 65.5 Å². The van der Waals surface area contributed by atoms with Crippen molar-refractivity contribution in [3.8, 4) is 11.3 Å². The second-order valence-corrected chi connectivity index (χ2v) is 7.63. The van der Waals surface area contributed by atoms with Crippen LogP contribution in [0.1, 0.15) is 25.7 Å². The van der Waals surface area contributed by atoms with Gasteiger partial charge in [-0.15, -0.1) is 11.3 Å². The minimum absolute atomic E-state index is 0.0757. The highest BCUT2D eigenvalue weighted by atomic mass is 32.1. The van der Waals surface area contributed by atoms with Crippen LogP contribution in [0.4, 0.5) is 9.52 Å². The molecule has 1 aromatic carbocycles. The fraction of sp³-hybridized carbons (Fsp3) is 0.444. The molecule has 5 nitrogen and oxygen atoms in total. The van der Waals surface area contributed by atoms with Crippen molar-refractivity contribution < 1.29 is 14.3 Å². The summed E-state index contributed by atoms with van der Waals surface area (Å²) in [6, 6.07) is 6.76. The summed E-state index contributed by atoms with van der Waals surface area (Å²) in [6.07, 6.45) is 3.40. The van der Waals surface area contributed by atoms with Crippen molar-refractivity contribution in [2.75, 3.05) is 11.9 Å². The molecule has 2 bridgehead atoms. The van der Waals surface area contributed by atoms with Crippen LogP contribution in [0.3, 0.4) is 0 Å². The van der Waals surface area contributed by atoms with Gasteiger partial charge in [0.2, 0.25) is 5.91 Å². The molecule has 2 saturated heterocycles. The minimum Gasteiger partial charge on any atom is -0.393 e. The summed E-state index contributed by atoms with van der Waals surface area (Å²) in [5.74, 6) is -0.359. The van der Waals surface area contributed by atoms with Gasteiger partial charge in [-0.05, 0) is 49.9 Å². The van der Waals surface area contributed by atoms with E-state index in [1.54, 1.807) is 12.1 Å². The maximum atomic E-state index is 13.0. The van der Waals surface area contributed by atoms with Gasteiger partial charge >= 0.3 is 0 Å². The normalized spacial score (nSPS) is 25.9. The summed E-state index contributed by atoms with van der Waals surface area (Å²) < 4.78 is 13.0. The monoisotopic (exact) mass is 361 g/mol. The van der Waals surface area contributed by atoms with Crippen LogP contribution in [0, 0.1) is 5.82 Å². The molecule has 132 valence electrons. The Labute approximate surface area is 149 Å². The second-order valence-electron chi connectivity index (χ2n) is 6.78. The maximum Gasteiger partial charge on any atom is 0.240 e. The first-order chi connectivity index (χ1) is 12.1. The molecule has 0 spiro atoms. The van der Waals surface area contributed by atoms with Gasteiger partial charge in [0.05, 0.1) is 18.3 Å². The van der Waals surface area contributed by atoms with E-state index in [4.69, 9.17) is 0 Å². The van der Waals surface area contributed by atoms with Crippen molar-refractivity contribution in [3.63, 3.8) is 0 Å². The molecule has 2 aromatic rings. The molecular weight excluding hydrogens is 341 g/mol. The van der Waals surface area contributed by atoms with E-state index < -0.39 is 0 Å². The number of carbonyl (C=O) groups is 1. The summed E-state index contributed by atoms with van der Waals surface area (Å²) >= 11 is 1.36. The van der Waals surface area contributed by atoms with Gasteiger partial charge in [0.1, 0.15) is 5.82 Å². The lowest BCUT2D eigenvalue weighted by Crippen LogP contribution is -2.47. The third-order valence-corrected chi connectivity index (χ3v) is 5.83. The van der Waals surface area contributed by atoms with Crippen LogP contribution in [0.2, 0.25) is 0 Å². The summed E-state index contributed by atoms with van der Waals surface area (Å²) in [7, 11) is 0. The number of thiazole rings is 1. The van der Waals surface area contributed by atoms with E-state index in [1.807, 2.05) is 5.38 Å². The number of hydrogen-bond donors (Lipinski definition) is 2. The quantitative estimate of drug-likeness (QED) is 0.879. The number of benzene rings is 1. The molecule has 2 unspecified atom stereocenters. The number of halogens is 1. The van der Waals surface area contributed by atoms with E-state index in [-0.39, 0.29) is 17.8 Å². The van der Waals surface area contributed by atoms with Gasteiger partial charge in [-0.1, -0.05) is 0 Å². The number of carbonyl (C=O) groups excluding carboxylic acids is 1. The Bertz CT molecular complexity index is 750. The summed E-state index contributed by atoms with van der Waals surface area (Å²) in [4.78, 5) is 19.0. The number of anilines is 1.